The number of phenolic OH excluding ortho intramolecular Hbond substituents is 1. The van der Waals surface area contributed by atoms with E-state index in [9.17, 15) is 10.2 Å². The number of aryl methyl sites for hydroxylation is 1. The number of aromatic hydroxyl groups is 1. The minimum absolute atomic E-state index is 0.150. The molecule has 0 saturated heterocycles. The van der Waals surface area contributed by atoms with Gasteiger partial charge in [-0.2, -0.15) is 0 Å². The largest absolute Gasteiger partial charge is 0.508 e. The Hall–Kier alpha value is -1.46. The van der Waals surface area contributed by atoms with Gasteiger partial charge in [-0.05, 0) is 30.2 Å². The summed E-state index contributed by atoms with van der Waals surface area (Å²) in [6.07, 6.45) is 4.67. The molecule has 0 aliphatic heterocycles. The molecule has 2 N–H and O–H groups in total. The van der Waals surface area contributed by atoms with Crippen molar-refractivity contribution in [3.8, 4) is 18.1 Å². The molecule has 0 fully saturated rings. The van der Waals surface area contributed by atoms with Gasteiger partial charge in [0.05, 0.1) is 6.10 Å². The molecule has 0 heterocycles. The maximum Gasteiger partial charge on any atom is 0.115 e. The van der Waals surface area contributed by atoms with Crippen molar-refractivity contribution in [2.45, 2.75) is 19.4 Å². The topological polar surface area (TPSA) is 40.5 Å². The lowest BCUT2D eigenvalue weighted by molar-refractivity contribution is 0.183. The highest BCUT2D eigenvalue weighted by molar-refractivity contribution is 5.35. The Balaban J connectivity index is 3.00. The molecule has 0 spiro atoms. The van der Waals surface area contributed by atoms with Crippen LogP contribution in [0.1, 0.15) is 23.7 Å². The minimum atomic E-state index is -0.683. The third-order valence-electron chi connectivity index (χ3n) is 1.93. The molecule has 2 nitrogen and oxygen atoms in total. The Morgan fingerprint density at radius 2 is 2.23 bits per heavy atom. The Morgan fingerprint density at radius 3 is 2.85 bits per heavy atom. The molecule has 1 rings (SSSR count). The van der Waals surface area contributed by atoms with Crippen molar-refractivity contribution in [3.63, 3.8) is 0 Å². The normalized spacial score (nSPS) is 12.1. The number of aliphatic hydroxyl groups is 1. The third kappa shape index (κ3) is 2.24. The van der Waals surface area contributed by atoms with Crippen LogP contribution in [0.4, 0.5) is 0 Å². The molecule has 0 bridgehead atoms. The van der Waals surface area contributed by atoms with E-state index in [4.69, 9.17) is 6.42 Å². The van der Waals surface area contributed by atoms with E-state index in [1.165, 1.54) is 6.07 Å². The van der Waals surface area contributed by atoms with Crippen LogP contribution in [0.2, 0.25) is 0 Å². The number of hydrogen-bond donors (Lipinski definition) is 2. The molecule has 2 heteroatoms. The molecule has 1 atom stereocenters. The van der Waals surface area contributed by atoms with Crippen molar-refractivity contribution in [2.24, 2.45) is 0 Å². The maximum atomic E-state index is 9.57. The van der Waals surface area contributed by atoms with E-state index in [2.05, 4.69) is 5.92 Å². The first kappa shape index (κ1) is 9.63. The number of benzene rings is 1. The van der Waals surface area contributed by atoms with Gasteiger partial charge in [0.1, 0.15) is 5.75 Å². The van der Waals surface area contributed by atoms with Crippen LogP contribution in [0.15, 0.2) is 18.2 Å². The SMILES string of the molecule is C#CC[C@@H](O)c1cc(O)ccc1C. The third-order valence-corrected chi connectivity index (χ3v) is 1.93. The van der Waals surface area contributed by atoms with Crippen LogP contribution in [-0.2, 0) is 0 Å². The Morgan fingerprint density at radius 1 is 1.54 bits per heavy atom. The fraction of sp³-hybridized carbons (Fsp3) is 0.273. The summed E-state index contributed by atoms with van der Waals surface area (Å²) in [5.41, 5.74) is 1.62. The molecule has 1 aromatic rings. The highest BCUT2D eigenvalue weighted by Crippen LogP contribution is 2.24. The van der Waals surface area contributed by atoms with E-state index in [-0.39, 0.29) is 12.2 Å². The molecule has 68 valence electrons. The molecule has 13 heavy (non-hydrogen) atoms. The van der Waals surface area contributed by atoms with E-state index in [0.29, 0.717) is 5.56 Å². The van der Waals surface area contributed by atoms with Gasteiger partial charge >= 0.3 is 0 Å². The van der Waals surface area contributed by atoms with Crippen molar-refractivity contribution in [1.82, 2.24) is 0 Å². The van der Waals surface area contributed by atoms with Crippen molar-refractivity contribution < 1.29 is 10.2 Å². The van der Waals surface area contributed by atoms with Crippen LogP contribution in [0.25, 0.3) is 0 Å². The predicted octanol–water partition coefficient (Wildman–Crippen LogP) is 1.76. The standard InChI is InChI=1S/C11H12O2/c1-3-4-11(13)10-7-9(12)6-5-8(10)2/h1,5-7,11-13H,4H2,2H3/t11-/m1/s1. The first-order valence-electron chi connectivity index (χ1n) is 4.06. The summed E-state index contributed by atoms with van der Waals surface area (Å²) in [5.74, 6) is 2.53. The lowest BCUT2D eigenvalue weighted by Crippen LogP contribution is -1.98. The minimum Gasteiger partial charge on any atom is -0.508 e. The average molecular weight is 176 g/mol. The fourth-order valence-corrected chi connectivity index (χ4v) is 1.21. The van der Waals surface area contributed by atoms with Crippen LogP contribution in [0.5, 0.6) is 5.75 Å². The molecule has 1 aromatic carbocycles. The van der Waals surface area contributed by atoms with Crippen molar-refractivity contribution in [2.75, 3.05) is 0 Å². The second-order valence-electron chi connectivity index (χ2n) is 2.96. The van der Waals surface area contributed by atoms with E-state index >= 15 is 0 Å². The van der Waals surface area contributed by atoms with Crippen molar-refractivity contribution in [3.05, 3.63) is 29.3 Å². The summed E-state index contributed by atoms with van der Waals surface area (Å²) < 4.78 is 0. The van der Waals surface area contributed by atoms with Gasteiger partial charge in [0.15, 0.2) is 0 Å². The Bertz CT molecular complexity index is 336. The highest BCUT2D eigenvalue weighted by Gasteiger charge is 2.09. The molecule has 0 aliphatic carbocycles. The second-order valence-corrected chi connectivity index (χ2v) is 2.96. The van der Waals surface area contributed by atoms with Gasteiger partial charge in [-0.25, -0.2) is 0 Å². The molecule has 0 unspecified atom stereocenters. The Kier molecular flexibility index (Phi) is 2.94. The number of phenols is 1. The van der Waals surface area contributed by atoms with Gasteiger partial charge in [-0.15, -0.1) is 12.3 Å². The molecular formula is C11H12O2. The van der Waals surface area contributed by atoms with E-state index in [0.717, 1.165) is 5.56 Å². The van der Waals surface area contributed by atoms with Gasteiger partial charge in [0, 0.05) is 6.42 Å². The fourth-order valence-electron chi connectivity index (χ4n) is 1.21. The van der Waals surface area contributed by atoms with Crippen LogP contribution >= 0.6 is 0 Å². The van der Waals surface area contributed by atoms with Gasteiger partial charge in [-0.3, -0.25) is 0 Å². The van der Waals surface area contributed by atoms with E-state index in [1.54, 1.807) is 12.1 Å². The summed E-state index contributed by atoms with van der Waals surface area (Å²) in [5, 5.41) is 18.8. The monoisotopic (exact) mass is 176 g/mol. The first-order chi connectivity index (χ1) is 6.15. The lowest BCUT2D eigenvalue weighted by Gasteiger charge is -2.10. The zero-order chi connectivity index (χ0) is 9.84. The Labute approximate surface area is 77.8 Å². The van der Waals surface area contributed by atoms with Crippen LogP contribution in [0, 0.1) is 19.3 Å². The van der Waals surface area contributed by atoms with Crippen LogP contribution in [0.3, 0.4) is 0 Å². The van der Waals surface area contributed by atoms with E-state index in [1.807, 2.05) is 6.92 Å². The smallest absolute Gasteiger partial charge is 0.115 e. The lowest BCUT2D eigenvalue weighted by atomic mass is 10.0. The molecule has 0 amide bonds. The number of hydrogen-bond acceptors (Lipinski definition) is 2. The second kappa shape index (κ2) is 3.97. The average Bonchev–Trinajstić information content (AvgIpc) is 2.09. The molecule has 0 saturated carbocycles. The summed E-state index contributed by atoms with van der Waals surface area (Å²) in [6.45, 7) is 1.87. The van der Waals surface area contributed by atoms with Crippen LogP contribution in [-0.4, -0.2) is 10.2 Å². The quantitative estimate of drug-likeness (QED) is 0.674. The number of terminal acetylenes is 1. The van der Waals surface area contributed by atoms with E-state index < -0.39 is 6.10 Å². The summed E-state index contributed by atoms with van der Waals surface area (Å²) in [4.78, 5) is 0. The zero-order valence-electron chi connectivity index (χ0n) is 7.49. The maximum absolute atomic E-state index is 9.57. The van der Waals surface area contributed by atoms with Gasteiger partial charge in [-0.1, -0.05) is 6.07 Å². The summed E-state index contributed by atoms with van der Waals surface area (Å²) in [6, 6.07) is 4.88. The molecular weight excluding hydrogens is 164 g/mol. The summed E-state index contributed by atoms with van der Waals surface area (Å²) >= 11 is 0. The number of rotatable bonds is 2. The first-order valence-corrected chi connectivity index (χ1v) is 4.06. The van der Waals surface area contributed by atoms with Crippen molar-refractivity contribution >= 4 is 0 Å². The highest BCUT2D eigenvalue weighted by atomic mass is 16.3. The van der Waals surface area contributed by atoms with Crippen molar-refractivity contribution in [1.29, 1.82) is 0 Å². The number of aliphatic hydroxyl groups excluding tert-OH is 1. The van der Waals surface area contributed by atoms with Gasteiger partial charge in [0.2, 0.25) is 0 Å². The molecule has 0 aliphatic rings. The molecule has 0 radical (unpaired) electrons. The summed E-state index contributed by atoms with van der Waals surface area (Å²) in [7, 11) is 0. The zero-order valence-corrected chi connectivity index (χ0v) is 7.49. The van der Waals surface area contributed by atoms with Crippen LogP contribution < -0.4 is 0 Å². The predicted molar refractivity (Wildman–Crippen MR) is 51.3 cm³/mol. The van der Waals surface area contributed by atoms with Gasteiger partial charge in [0.25, 0.3) is 0 Å². The molecule has 0 aromatic heterocycles. The van der Waals surface area contributed by atoms with Gasteiger partial charge < -0.3 is 10.2 Å².